The van der Waals surface area contributed by atoms with E-state index < -0.39 is 0 Å². The van der Waals surface area contributed by atoms with E-state index >= 15 is 0 Å². The Balaban J connectivity index is 1.24. The first-order valence-electron chi connectivity index (χ1n) is 12.2. The highest BCUT2D eigenvalue weighted by Crippen LogP contribution is 2.14. The summed E-state index contributed by atoms with van der Waals surface area (Å²) in [6.45, 7) is 9.21. The molecule has 1 saturated heterocycles. The van der Waals surface area contributed by atoms with Gasteiger partial charge in [0.2, 0.25) is 0 Å². The summed E-state index contributed by atoms with van der Waals surface area (Å²) in [7, 11) is 0. The number of hydrogen-bond donors (Lipinski definition) is 2. The van der Waals surface area contributed by atoms with Gasteiger partial charge < -0.3 is 10.6 Å². The van der Waals surface area contributed by atoms with E-state index in [1.807, 2.05) is 4.57 Å². The van der Waals surface area contributed by atoms with Gasteiger partial charge in [0.15, 0.2) is 5.96 Å². The normalized spacial score (nSPS) is 16.8. The molecule has 0 radical (unpaired) electrons. The number of nitrogens with one attached hydrogen (secondary N) is 2. The second-order valence-corrected chi connectivity index (χ2v) is 8.81. The highest BCUT2D eigenvalue weighted by molar-refractivity contribution is 5.79. The fourth-order valence-corrected chi connectivity index (χ4v) is 4.49. The Morgan fingerprint density at radius 1 is 1.03 bits per heavy atom. The summed E-state index contributed by atoms with van der Waals surface area (Å²) in [5, 5.41) is 11.2. The number of benzene rings is 1. The lowest BCUT2D eigenvalue weighted by Gasteiger charge is -2.14. The van der Waals surface area contributed by atoms with Crippen LogP contribution in [-0.2, 0) is 32.6 Å². The molecule has 0 atom stereocenters. The van der Waals surface area contributed by atoms with E-state index in [2.05, 4.69) is 51.8 Å². The molecule has 174 valence electrons. The molecule has 8 heteroatoms. The zero-order valence-electron chi connectivity index (χ0n) is 19.4. The second-order valence-electron chi connectivity index (χ2n) is 8.81. The monoisotopic (exact) mass is 439 g/mol. The highest BCUT2D eigenvalue weighted by atomic mass is 16.2. The van der Waals surface area contributed by atoms with Crippen LogP contribution in [0.4, 0.5) is 0 Å². The van der Waals surface area contributed by atoms with E-state index in [-0.39, 0.29) is 5.69 Å². The van der Waals surface area contributed by atoms with Gasteiger partial charge in [-0.3, -0.25) is 9.47 Å². The van der Waals surface area contributed by atoms with Crippen LogP contribution in [0.3, 0.4) is 0 Å². The van der Waals surface area contributed by atoms with Crippen molar-refractivity contribution in [1.29, 1.82) is 0 Å². The third-order valence-electron chi connectivity index (χ3n) is 6.26. The number of aromatic nitrogens is 3. The molecule has 2 aliphatic heterocycles. The molecule has 0 bridgehead atoms. The Morgan fingerprint density at radius 3 is 2.53 bits per heavy atom. The molecule has 2 N–H and O–H groups in total. The number of hydrogen-bond acceptors (Lipinski definition) is 4. The van der Waals surface area contributed by atoms with Gasteiger partial charge in [0.25, 0.3) is 0 Å². The topological polar surface area (TPSA) is 79.5 Å². The first-order valence-corrected chi connectivity index (χ1v) is 12.2. The standard InChI is InChI=1S/C24H37N7O/c1-2-25-23(26-13-7-17-31-24(32)30-16-4-3-8-22(30)28-31)27-18-20-9-11-21(12-10-20)19-29-14-5-6-15-29/h9-12H,2-8,13-19H2,1H3,(H2,25,26,27). The van der Waals surface area contributed by atoms with Crippen molar-refractivity contribution in [3.05, 3.63) is 51.7 Å². The van der Waals surface area contributed by atoms with Gasteiger partial charge in [-0.05, 0) is 63.2 Å². The molecule has 2 aromatic rings. The minimum Gasteiger partial charge on any atom is -0.357 e. The smallest absolute Gasteiger partial charge is 0.345 e. The minimum atomic E-state index is 0.0356. The van der Waals surface area contributed by atoms with E-state index in [9.17, 15) is 4.79 Å². The molecule has 0 amide bonds. The largest absolute Gasteiger partial charge is 0.357 e. The zero-order valence-corrected chi connectivity index (χ0v) is 19.4. The third-order valence-corrected chi connectivity index (χ3v) is 6.26. The second kappa shape index (κ2) is 11.3. The van der Waals surface area contributed by atoms with Gasteiger partial charge >= 0.3 is 5.69 Å². The fraction of sp³-hybridized carbons (Fsp3) is 0.625. The molecule has 2 aliphatic rings. The Labute approximate surface area is 190 Å². The van der Waals surface area contributed by atoms with Crippen LogP contribution in [0.1, 0.15) is 56.0 Å². The molecule has 0 spiro atoms. The fourth-order valence-electron chi connectivity index (χ4n) is 4.49. The first-order chi connectivity index (χ1) is 15.7. The Bertz CT molecular complexity index is 938. The molecule has 4 rings (SSSR count). The highest BCUT2D eigenvalue weighted by Gasteiger charge is 2.16. The van der Waals surface area contributed by atoms with Crippen molar-refractivity contribution in [1.82, 2.24) is 29.9 Å². The average Bonchev–Trinajstić information content (AvgIpc) is 3.44. The molecule has 1 aromatic carbocycles. The molecule has 8 nitrogen and oxygen atoms in total. The van der Waals surface area contributed by atoms with Gasteiger partial charge in [-0.2, -0.15) is 5.10 Å². The predicted octanol–water partition coefficient (Wildman–Crippen LogP) is 2.12. The van der Waals surface area contributed by atoms with Crippen molar-refractivity contribution in [3.8, 4) is 0 Å². The summed E-state index contributed by atoms with van der Waals surface area (Å²) < 4.78 is 3.45. The number of aryl methyl sites for hydroxylation is 2. The molecule has 3 heterocycles. The van der Waals surface area contributed by atoms with Gasteiger partial charge in [0.1, 0.15) is 5.82 Å². The molecule has 0 aliphatic carbocycles. The van der Waals surface area contributed by atoms with Gasteiger partial charge in [-0.15, -0.1) is 0 Å². The Morgan fingerprint density at radius 2 is 1.78 bits per heavy atom. The maximum atomic E-state index is 12.4. The van der Waals surface area contributed by atoms with Crippen LogP contribution in [-0.4, -0.2) is 51.4 Å². The van der Waals surface area contributed by atoms with E-state index in [0.717, 1.165) is 63.6 Å². The van der Waals surface area contributed by atoms with Crippen LogP contribution in [0, 0.1) is 0 Å². The van der Waals surface area contributed by atoms with Gasteiger partial charge in [-0.25, -0.2) is 14.5 Å². The number of fused-ring (bicyclic) bond motifs is 1. The molecular weight excluding hydrogens is 402 g/mol. The SMILES string of the molecule is CCNC(=NCc1ccc(CN2CCCC2)cc1)NCCCn1nc2n(c1=O)CCCC2. The lowest BCUT2D eigenvalue weighted by atomic mass is 10.1. The van der Waals surface area contributed by atoms with E-state index in [0.29, 0.717) is 13.1 Å². The predicted molar refractivity (Wildman–Crippen MR) is 128 cm³/mol. The number of guanidine groups is 1. The van der Waals surface area contributed by atoms with Gasteiger partial charge in [-0.1, -0.05) is 24.3 Å². The van der Waals surface area contributed by atoms with E-state index in [4.69, 9.17) is 4.99 Å². The summed E-state index contributed by atoms with van der Waals surface area (Å²) >= 11 is 0. The van der Waals surface area contributed by atoms with Crippen molar-refractivity contribution in [2.45, 2.75) is 71.6 Å². The van der Waals surface area contributed by atoms with Gasteiger partial charge in [0, 0.05) is 39.1 Å². The van der Waals surface area contributed by atoms with Crippen LogP contribution < -0.4 is 16.3 Å². The zero-order chi connectivity index (χ0) is 22.2. The molecule has 1 fully saturated rings. The number of likely N-dealkylation sites (tertiary alicyclic amines) is 1. The number of nitrogens with zero attached hydrogens (tertiary/aromatic N) is 5. The quantitative estimate of drug-likeness (QED) is 0.355. The molecule has 0 unspecified atom stereocenters. The summed E-state index contributed by atoms with van der Waals surface area (Å²) in [5.74, 6) is 1.75. The summed E-state index contributed by atoms with van der Waals surface area (Å²) in [6.07, 6.45) is 6.59. The summed E-state index contributed by atoms with van der Waals surface area (Å²) in [4.78, 5) is 19.7. The van der Waals surface area contributed by atoms with Crippen molar-refractivity contribution >= 4 is 5.96 Å². The van der Waals surface area contributed by atoms with E-state index in [1.165, 1.54) is 37.1 Å². The Hall–Kier alpha value is -2.61. The maximum absolute atomic E-state index is 12.4. The minimum absolute atomic E-state index is 0.0356. The summed E-state index contributed by atoms with van der Waals surface area (Å²) in [5.41, 5.74) is 2.62. The average molecular weight is 440 g/mol. The first kappa shape index (κ1) is 22.6. The number of rotatable bonds is 9. The maximum Gasteiger partial charge on any atom is 0.345 e. The number of aliphatic imine (C=N–C) groups is 1. The van der Waals surface area contributed by atoms with E-state index in [1.54, 1.807) is 4.68 Å². The van der Waals surface area contributed by atoms with Crippen LogP contribution in [0.15, 0.2) is 34.1 Å². The van der Waals surface area contributed by atoms with Crippen LogP contribution in [0.2, 0.25) is 0 Å². The van der Waals surface area contributed by atoms with Gasteiger partial charge in [0.05, 0.1) is 6.54 Å². The lowest BCUT2D eigenvalue weighted by molar-refractivity contribution is 0.331. The molecular formula is C24H37N7O. The van der Waals surface area contributed by atoms with Crippen molar-refractivity contribution in [2.24, 2.45) is 4.99 Å². The third kappa shape index (κ3) is 6.00. The van der Waals surface area contributed by atoms with Crippen LogP contribution in [0.25, 0.3) is 0 Å². The van der Waals surface area contributed by atoms with Crippen molar-refractivity contribution in [2.75, 3.05) is 26.2 Å². The summed E-state index contributed by atoms with van der Waals surface area (Å²) in [6, 6.07) is 8.83. The lowest BCUT2D eigenvalue weighted by Crippen LogP contribution is -2.38. The van der Waals surface area contributed by atoms with Crippen molar-refractivity contribution < 1.29 is 0 Å². The van der Waals surface area contributed by atoms with Crippen LogP contribution >= 0.6 is 0 Å². The molecule has 1 aromatic heterocycles. The Kier molecular flexibility index (Phi) is 7.98. The van der Waals surface area contributed by atoms with Crippen LogP contribution in [0.5, 0.6) is 0 Å². The molecule has 32 heavy (non-hydrogen) atoms. The molecule has 0 saturated carbocycles. The van der Waals surface area contributed by atoms with Crippen molar-refractivity contribution in [3.63, 3.8) is 0 Å².